The van der Waals surface area contributed by atoms with Crippen LogP contribution in [0.25, 0.3) is 0 Å². The minimum absolute atomic E-state index is 0.0219. The molecule has 2 aromatic rings. The molecule has 1 atom stereocenters. The van der Waals surface area contributed by atoms with Gasteiger partial charge in [0.15, 0.2) is 0 Å². The van der Waals surface area contributed by atoms with Gasteiger partial charge in [-0.1, -0.05) is 0 Å². The van der Waals surface area contributed by atoms with E-state index in [1.165, 1.54) is 0 Å². The van der Waals surface area contributed by atoms with Gasteiger partial charge < -0.3 is 15.1 Å². The number of amides is 2. The molecule has 0 fully saturated rings. The van der Waals surface area contributed by atoms with Crippen molar-refractivity contribution in [3.63, 3.8) is 0 Å². The lowest BCUT2D eigenvalue weighted by molar-refractivity contribution is 0.233. The van der Waals surface area contributed by atoms with Crippen molar-refractivity contribution in [2.24, 2.45) is 0 Å². The van der Waals surface area contributed by atoms with Crippen molar-refractivity contribution < 1.29 is 9.21 Å². The Morgan fingerprint density at radius 3 is 2.58 bits per heavy atom. The van der Waals surface area contributed by atoms with E-state index in [9.17, 15) is 4.79 Å². The van der Waals surface area contributed by atoms with Crippen LogP contribution in [-0.4, -0.2) is 41.4 Å². The first kappa shape index (κ1) is 18.1. The van der Waals surface area contributed by atoms with E-state index in [4.69, 9.17) is 4.42 Å². The molecule has 2 rings (SSSR count). The molecule has 7 heteroatoms. The molecule has 1 unspecified atom stereocenters. The number of likely N-dealkylation sites (N-methyl/N-ethyl adjacent to an activating group) is 1. The predicted molar refractivity (Wildman–Crippen MR) is 94.2 cm³/mol. The molecular formula is C17H27N5O2. The smallest absolute Gasteiger partial charge is 0.319 e. The van der Waals surface area contributed by atoms with Crippen molar-refractivity contribution in [3.05, 3.63) is 35.5 Å². The van der Waals surface area contributed by atoms with Gasteiger partial charge in [-0.2, -0.15) is 5.10 Å². The van der Waals surface area contributed by atoms with Gasteiger partial charge in [0.25, 0.3) is 0 Å². The summed E-state index contributed by atoms with van der Waals surface area (Å²) in [5.41, 5.74) is 2.53. The van der Waals surface area contributed by atoms with Crippen molar-refractivity contribution >= 4 is 11.7 Å². The first-order chi connectivity index (χ1) is 11.3. The lowest BCUT2D eigenvalue weighted by atomic mass is 10.2. The standard InChI is InChI=1S/C17H27N5O2/c1-11(2)22-13(4)16(12(3)20-22)19-17(23)18-10-14(21(5)6)15-8-7-9-24-15/h7-9,11,14H,10H2,1-6H3,(H2,18,19,23). The lowest BCUT2D eigenvalue weighted by Crippen LogP contribution is -2.36. The second-order valence-electron chi connectivity index (χ2n) is 6.41. The molecule has 2 N–H and O–H groups in total. The summed E-state index contributed by atoms with van der Waals surface area (Å²) in [5, 5.41) is 10.3. The molecule has 2 heterocycles. The summed E-state index contributed by atoms with van der Waals surface area (Å²) in [5.74, 6) is 0.820. The Balaban J connectivity index is 2.01. The Morgan fingerprint density at radius 1 is 1.38 bits per heavy atom. The molecule has 132 valence electrons. The van der Waals surface area contributed by atoms with Gasteiger partial charge in [-0.25, -0.2) is 4.79 Å². The molecule has 0 bridgehead atoms. The molecule has 24 heavy (non-hydrogen) atoms. The SMILES string of the molecule is Cc1nn(C(C)C)c(C)c1NC(=O)NCC(c1ccco1)N(C)C. The Kier molecular flexibility index (Phi) is 5.66. The minimum Gasteiger partial charge on any atom is -0.468 e. The summed E-state index contributed by atoms with van der Waals surface area (Å²) in [6.45, 7) is 8.43. The monoisotopic (exact) mass is 333 g/mol. The summed E-state index contributed by atoms with van der Waals surface area (Å²) in [4.78, 5) is 14.3. The van der Waals surface area contributed by atoms with Gasteiger partial charge in [0, 0.05) is 12.6 Å². The van der Waals surface area contributed by atoms with E-state index < -0.39 is 0 Å². The minimum atomic E-state index is -0.247. The number of carbonyl (C=O) groups excluding carboxylic acids is 1. The molecule has 2 aromatic heterocycles. The topological polar surface area (TPSA) is 75.3 Å². The van der Waals surface area contributed by atoms with Crippen molar-refractivity contribution in [2.75, 3.05) is 26.0 Å². The first-order valence-corrected chi connectivity index (χ1v) is 8.11. The van der Waals surface area contributed by atoms with Crippen molar-refractivity contribution in [2.45, 2.75) is 39.8 Å². The molecule has 0 saturated carbocycles. The van der Waals surface area contributed by atoms with Crippen LogP contribution in [0.2, 0.25) is 0 Å². The summed E-state index contributed by atoms with van der Waals surface area (Å²) < 4.78 is 7.36. The quantitative estimate of drug-likeness (QED) is 0.852. The Hall–Kier alpha value is -2.28. The normalized spacial score (nSPS) is 12.7. The molecular weight excluding hydrogens is 306 g/mol. The predicted octanol–water partition coefficient (Wildman–Crippen LogP) is 3.10. The highest BCUT2D eigenvalue weighted by Crippen LogP contribution is 2.22. The van der Waals surface area contributed by atoms with Crippen LogP contribution >= 0.6 is 0 Å². The van der Waals surface area contributed by atoms with E-state index in [1.54, 1.807) is 6.26 Å². The molecule has 2 amide bonds. The number of nitrogens with one attached hydrogen (secondary N) is 2. The van der Waals surface area contributed by atoms with E-state index in [-0.39, 0.29) is 18.1 Å². The maximum absolute atomic E-state index is 12.3. The van der Waals surface area contributed by atoms with Crippen molar-refractivity contribution in [1.82, 2.24) is 20.0 Å². The fourth-order valence-electron chi connectivity index (χ4n) is 2.71. The van der Waals surface area contributed by atoms with Crippen LogP contribution in [0, 0.1) is 13.8 Å². The van der Waals surface area contributed by atoms with Gasteiger partial charge in [-0.05, 0) is 53.9 Å². The number of hydrogen-bond donors (Lipinski definition) is 2. The molecule has 0 aromatic carbocycles. The summed E-state index contributed by atoms with van der Waals surface area (Å²) in [6, 6.07) is 3.73. The maximum Gasteiger partial charge on any atom is 0.319 e. The average molecular weight is 333 g/mol. The fourth-order valence-corrected chi connectivity index (χ4v) is 2.71. The summed E-state index contributed by atoms with van der Waals surface area (Å²) >= 11 is 0. The third kappa shape index (κ3) is 3.97. The summed E-state index contributed by atoms with van der Waals surface area (Å²) in [6.07, 6.45) is 1.64. The number of hydrogen-bond acceptors (Lipinski definition) is 4. The van der Waals surface area contributed by atoms with E-state index in [2.05, 4.69) is 29.6 Å². The van der Waals surface area contributed by atoms with E-state index in [0.29, 0.717) is 6.54 Å². The highest BCUT2D eigenvalue weighted by atomic mass is 16.3. The van der Waals surface area contributed by atoms with Crippen LogP contribution in [0.3, 0.4) is 0 Å². The van der Waals surface area contributed by atoms with Crippen LogP contribution in [0.4, 0.5) is 10.5 Å². The van der Waals surface area contributed by atoms with E-state index in [1.807, 2.05) is 49.7 Å². The number of urea groups is 1. The molecule has 0 radical (unpaired) electrons. The van der Waals surface area contributed by atoms with Gasteiger partial charge in [0.1, 0.15) is 5.76 Å². The second kappa shape index (κ2) is 7.53. The average Bonchev–Trinajstić information content (AvgIpc) is 3.11. The third-order valence-electron chi connectivity index (χ3n) is 4.00. The largest absolute Gasteiger partial charge is 0.468 e. The van der Waals surface area contributed by atoms with Crippen LogP contribution in [0.1, 0.15) is 43.1 Å². The number of rotatable bonds is 6. The van der Waals surface area contributed by atoms with Crippen LogP contribution in [-0.2, 0) is 0 Å². The van der Waals surface area contributed by atoms with Crippen LogP contribution in [0.5, 0.6) is 0 Å². The fraction of sp³-hybridized carbons (Fsp3) is 0.529. The molecule has 0 aliphatic rings. The van der Waals surface area contributed by atoms with Gasteiger partial charge in [0.05, 0.1) is 29.4 Å². The maximum atomic E-state index is 12.3. The molecule has 0 aliphatic heterocycles. The highest BCUT2D eigenvalue weighted by molar-refractivity contribution is 5.90. The van der Waals surface area contributed by atoms with Gasteiger partial charge in [-0.3, -0.25) is 9.58 Å². The summed E-state index contributed by atoms with van der Waals surface area (Å²) in [7, 11) is 3.90. The molecule has 7 nitrogen and oxygen atoms in total. The Morgan fingerprint density at radius 2 is 2.08 bits per heavy atom. The van der Waals surface area contributed by atoms with Crippen LogP contribution in [0.15, 0.2) is 22.8 Å². The zero-order valence-electron chi connectivity index (χ0n) is 15.3. The first-order valence-electron chi connectivity index (χ1n) is 8.11. The zero-order chi connectivity index (χ0) is 17.9. The van der Waals surface area contributed by atoms with Gasteiger partial charge in [-0.15, -0.1) is 0 Å². The Labute approximate surface area is 143 Å². The lowest BCUT2D eigenvalue weighted by Gasteiger charge is -2.22. The second-order valence-corrected chi connectivity index (χ2v) is 6.41. The van der Waals surface area contributed by atoms with Crippen molar-refractivity contribution in [1.29, 1.82) is 0 Å². The molecule has 0 aliphatic carbocycles. The van der Waals surface area contributed by atoms with Gasteiger partial charge >= 0.3 is 6.03 Å². The number of aryl methyl sites for hydroxylation is 1. The molecule has 0 saturated heterocycles. The Bertz CT molecular complexity index is 673. The van der Waals surface area contributed by atoms with E-state index in [0.717, 1.165) is 22.8 Å². The van der Waals surface area contributed by atoms with Gasteiger partial charge in [0.2, 0.25) is 0 Å². The van der Waals surface area contributed by atoms with Crippen molar-refractivity contribution in [3.8, 4) is 0 Å². The number of anilines is 1. The number of carbonyl (C=O) groups is 1. The number of aromatic nitrogens is 2. The number of furan rings is 1. The van der Waals surface area contributed by atoms with E-state index >= 15 is 0 Å². The highest BCUT2D eigenvalue weighted by Gasteiger charge is 2.19. The molecule has 0 spiro atoms. The zero-order valence-corrected chi connectivity index (χ0v) is 15.3. The number of nitrogens with zero attached hydrogens (tertiary/aromatic N) is 3. The van der Waals surface area contributed by atoms with Crippen LogP contribution < -0.4 is 10.6 Å². The third-order valence-corrected chi connectivity index (χ3v) is 4.00.